The van der Waals surface area contributed by atoms with Crippen LogP contribution in [0, 0.1) is 0 Å². The normalized spacial score (nSPS) is 14.8. The van der Waals surface area contributed by atoms with E-state index in [9.17, 15) is 5.11 Å². The summed E-state index contributed by atoms with van der Waals surface area (Å²) in [5.74, 6) is 0. The lowest BCUT2D eigenvalue weighted by molar-refractivity contribution is 0.137. The minimum Gasteiger partial charge on any atom is -0.387 e. The van der Waals surface area contributed by atoms with Gasteiger partial charge in [0.05, 0.1) is 6.10 Å². The Hall–Kier alpha value is -0.900. The molecule has 0 radical (unpaired) electrons. The Balaban J connectivity index is 2.57. The molecule has 2 unspecified atom stereocenters. The van der Waals surface area contributed by atoms with Crippen LogP contribution in [0.15, 0.2) is 24.3 Å². The molecule has 0 spiro atoms. The molecule has 102 valence electrons. The fourth-order valence-electron chi connectivity index (χ4n) is 1.98. The fraction of sp³-hybridized carbons (Fsp3) is 0.600. The molecular weight excluding hydrogens is 224 g/mol. The molecule has 0 saturated heterocycles. The molecule has 1 aromatic carbocycles. The lowest BCUT2D eigenvalue weighted by atomic mass is 9.98. The van der Waals surface area contributed by atoms with Crippen molar-refractivity contribution >= 4 is 0 Å². The molecule has 0 aliphatic rings. The smallest absolute Gasteiger partial charge is 0.0941 e. The van der Waals surface area contributed by atoms with E-state index in [1.807, 2.05) is 26.2 Å². The van der Waals surface area contributed by atoms with Gasteiger partial charge in [-0.3, -0.25) is 0 Å². The maximum absolute atomic E-state index is 10.2. The van der Waals surface area contributed by atoms with E-state index in [0.29, 0.717) is 0 Å². The summed E-state index contributed by atoms with van der Waals surface area (Å²) in [5, 5.41) is 10.2. The number of nitrogens with zero attached hydrogens (tertiary/aromatic N) is 1. The van der Waals surface area contributed by atoms with Gasteiger partial charge >= 0.3 is 0 Å². The summed E-state index contributed by atoms with van der Waals surface area (Å²) in [6.07, 6.45) is 2.46. The van der Waals surface area contributed by atoms with Crippen molar-refractivity contribution in [2.45, 2.75) is 38.3 Å². The van der Waals surface area contributed by atoms with E-state index in [1.165, 1.54) is 5.56 Å². The average Bonchev–Trinajstić information content (AvgIpc) is 2.36. The number of rotatable bonds is 7. The van der Waals surface area contributed by atoms with Crippen molar-refractivity contribution in [2.24, 2.45) is 5.73 Å². The van der Waals surface area contributed by atoms with E-state index >= 15 is 0 Å². The third-order valence-electron chi connectivity index (χ3n) is 3.18. The highest BCUT2D eigenvalue weighted by atomic mass is 16.3. The first-order valence-corrected chi connectivity index (χ1v) is 6.71. The average molecular weight is 250 g/mol. The second-order valence-electron chi connectivity index (χ2n) is 5.19. The summed E-state index contributed by atoms with van der Waals surface area (Å²) in [6, 6.07) is 7.95. The summed E-state index contributed by atoms with van der Waals surface area (Å²) in [7, 11) is 4.03. The second kappa shape index (κ2) is 7.52. The van der Waals surface area contributed by atoms with E-state index in [2.05, 4.69) is 24.0 Å². The van der Waals surface area contributed by atoms with E-state index in [4.69, 9.17) is 5.73 Å². The molecule has 0 fully saturated rings. The molecule has 0 aliphatic carbocycles. The maximum Gasteiger partial charge on any atom is 0.0941 e. The van der Waals surface area contributed by atoms with Gasteiger partial charge in [0.25, 0.3) is 0 Å². The molecule has 3 heteroatoms. The van der Waals surface area contributed by atoms with Crippen LogP contribution in [0.5, 0.6) is 0 Å². The van der Waals surface area contributed by atoms with Gasteiger partial charge in [-0.15, -0.1) is 0 Å². The Morgan fingerprint density at radius 2 is 1.83 bits per heavy atom. The predicted molar refractivity (Wildman–Crippen MR) is 76.5 cm³/mol. The van der Waals surface area contributed by atoms with Crippen LogP contribution in [0.1, 0.15) is 37.0 Å². The monoisotopic (exact) mass is 250 g/mol. The number of benzene rings is 1. The number of hydrogen-bond acceptors (Lipinski definition) is 3. The van der Waals surface area contributed by atoms with Crippen molar-refractivity contribution in [1.82, 2.24) is 4.90 Å². The van der Waals surface area contributed by atoms with Gasteiger partial charge in [0, 0.05) is 6.04 Å². The van der Waals surface area contributed by atoms with Crippen molar-refractivity contribution in [3.05, 3.63) is 35.4 Å². The molecule has 0 aromatic heterocycles. The summed E-state index contributed by atoms with van der Waals surface area (Å²) < 4.78 is 0. The largest absolute Gasteiger partial charge is 0.387 e. The van der Waals surface area contributed by atoms with Crippen LogP contribution in [-0.4, -0.2) is 36.7 Å². The quantitative estimate of drug-likeness (QED) is 0.777. The first-order valence-electron chi connectivity index (χ1n) is 6.71. The Labute approximate surface area is 111 Å². The van der Waals surface area contributed by atoms with Gasteiger partial charge in [0.1, 0.15) is 0 Å². The molecule has 0 heterocycles. The molecule has 2 atom stereocenters. The van der Waals surface area contributed by atoms with Gasteiger partial charge < -0.3 is 15.7 Å². The van der Waals surface area contributed by atoms with Gasteiger partial charge in [-0.25, -0.2) is 0 Å². The van der Waals surface area contributed by atoms with Gasteiger partial charge in [-0.05, 0) is 44.6 Å². The molecule has 3 N–H and O–H groups in total. The molecule has 0 saturated carbocycles. The highest BCUT2D eigenvalue weighted by Gasteiger charge is 2.16. The molecule has 0 aliphatic heterocycles. The van der Waals surface area contributed by atoms with E-state index < -0.39 is 6.10 Å². The van der Waals surface area contributed by atoms with Crippen molar-refractivity contribution < 1.29 is 5.11 Å². The Kier molecular flexibility index (Phi) is 6.33. The topological polar surface area (TPSA) is 49.5 Å². The van der Waals surface area contributed by atoms with Crippen LogP contribution in [0.25, 0.3) is 0 Å². The van der Waals surface area contributed by atoms with E-state index in [1.54, 1.807) is 0 Å². The zero-order valence-corrected chi connectivity index (χ0v) is 11.8. The molecule has 3 nitrogen and oxygen atoms in total. The van der Waals surface area contributed by atoms with E-state index in [0.717, 1.165) is 31.4 Å². The number of aliphatic hydroxyl groups excluding tert-OH is 1. The highest BCUT2D eigenvalue weighted by molar-refractivity contribution is 5.25. The lowest BCUT2D eigenvalue weighted by Crippen LogP contribution is -2.32. The molecule has 1 aromatic rings. The number of aryl methyl sites for hydroxylation is 1. The van der Waals surface area contributed by atoms with E-state index in [-0.39, 0.29) is 6.04 Å². The first-order chi connectivity index (χ1) is 8.54. The summed E-state index contributed by atoms with van der Waals surface area (Å²) in [5.41, 5.74) is 8.25. The van der Waals surface area contributed by atoms with Crippen LogP contribution in [0.2, 0.25) is 0 Å². The van der Waals surface area contributed by atoms with Gasteiger partial charge in [0.15, 0.2) is 0 Å². The Morgan fingerprint density at radius 1 is 1.22 bits per heavy atom. The third kappa shape index (κ3) is 4.77. The third-order valence-corrected chi connectivity index (χ3v) is 3.18. The van der Waals surface area contributed by atoms with Crippen molar-refractivity contribution in [3.63, 3.8) is 0 Å². The number of hydrogen-bond donors (Lipinski definition) is 2. The van der Waals surface area contributed by atoms with Gasteiger partial charge in [-0.1, -0.05) is 37.6 Å². The molecular formula is C15H26N2O. The van der Waals surface area contributed by atoms with Crippen LogP contribution in [0.4, 0.5) is 0 Å². The number of nitrogens with two attached hydrogens (primary N) is 1. The Bertz CT molecular complexity index is 335. The first kappa shape index (κ1) is 15.2. The molecule has 18 heavy (non-hydrogen) atoms. The summed E-state index contributed by atoms with van der Waals surface area (Å²) >= 11 is 0. The highest BCUT2D eigenvalue weighted by Crippen LogP contribution is 2.18. The van der Waals surface area contributed by atoms with Crippen molar-refractivity contribution in [1.29, 1.82) is 0 Å². The molecule has 1 rings (SSSR count). The van der Waals surface area contributed by atoms with Crippen molar-refractivity contribution in [2.75, 3.05) is 20.6 Å². The molecule has 0 bridgehead atoms. The van der Waals surface area contributed by atoms with Crippen LogP contribution in [-0.2, 0) is 6.42 Å². The standard InChI is InChI=1S/C15H26N2O/c1-4-5-12-6-8-13(9-7-12)15(18)14(16)10-11-17(2)3/h6-9,14-15,18H,4-5,10-11,16H2,1-3H3. The maximum atomic E-state index is 10.2. The molecule has 0 amide bonds. The van der Waals surface area contributed by atoms with Gasteiger partial charge in [-0.2, -0.15) is 0 Å². The van der Waals surface area contributed by atoms with Gasteiger partial charge in [0.2, 0.25) is 0 Å². The number of aliphatic hydroxyl groups is 1. The SMILES string of the molecule is CCCc1ccc(C(O)C(N)CCN(C)C)cc1. The minimum absolute atomic E-state index is 0.204. The lowest BCUT2D eigenvalue weighted by Gasteiger charge is -2.21. The second-order valence-corrected chi connectivity index (χ2v) is 5.19. The van der Waals surface area contributed by atoms with Crippen LogP contribution >= 0.6 is 0 Å². The van der Waals surface area contributed by atoms with Crippen LogP contribution in [0.3, 0.4) is 0 Å². The minimum atomic E-state index is -0.569. The Morgan fingerprint density at radius 3 is 2.33 bits per heavy atom. The fourth-order valence-corrected chi connectivity index (χ4v) is 1.98. The van der Waals surface area contributed by atoms with Crippen molar-refractivity contribution in [3.8, 4) is 0 Å². The van der Waals surface area contributed by atoms with Crippen LogP contribution < -0.4 is 5.73 Å². The summed E-state index contributed by atoms with van der Waals surface area (Å²) in [6.45, 7) is 3.06. The summed E-state index contributed by atoms with van der Waals surface area (Å²) in [4.78, 5) is 2.08. The zero-order valence-electron chi connectivity index (χ0n) is 11.8. The predicted octanol–water partition coefficient (Wildman–Crippen LogP) is 1.95. The zero-order chi connectivity index (χ0) is 13.5.